The molecule has 1 aliphatic heterocycles. The number of nitrogens with one attached hydrogen (secondary N) is 1. The summed E-state index contributed by atoms with van der Waals surface area (Å²) in [5.41, 5.74) is 1.22. The third-order valence-corrected chi connectivity index (χ3v) is 5.05. The Hall–Kier alpha value is -0.490. The van der Waals surface area contributed by atoms with E-state index < -0.39 is 0 Å². The van der Waals surface area contributed by atoms with Crippen molar-refractivity contribution in [1.82, 2.24) is 20.1 Å². The maximum Gasteiger partial charge on any atom is 0.107 e. The summed E-state index contributed by atoms with van der Waals surface area (Å²) in [5, 5.41) is 6.90. The minimum atomic E-state index is 0.694. The summed E-state index contributed by atoms with van der Waals surface area (Å²) >= 11 is 1.78. The van der Waals surface area contributed by atoms with E-state index in [1.807, 2.05) is 0 Å². The van der Waals surface area contributed by atoms with Crippen LogP contribution in [-0.4, -0.2) is 54.6 Å². The van der Waals surface area contributed by atoms with Gasteiger partial charge < -0.3 is 10.2 Å². The Bertz CT molecular complexity index is 410. The molecule has 0 atom stereocenters. The summed E-state index contributed by atoms with van der Waals surface area (Å²) in [6, 6.07) is 0.713. The highest BCUT2D eigenvalue weighted by molar-refractivity contribution is 7.09. The van der Waals surface area contributed by atoms with Gasteiger partial charge in [0.05, 0.1) is 5.69 Å². The van der Waals surface area contributed by atoms with Crippen LogP contribution in [0.15, 0.2) is 5.38 Å². The fraction of sp³-hybridized carbons (Fsp3) is 0.812. The fourth-order valence-corrected chi connectivity index (χ4v) is 3.55. The second-order valence-corrected chi connectivity index (χ2v) is 7.65. The van der Waals surface area contributed by atoms with Gasteiger partial charge in [-0.1, -0.05) is 13.8 Å². The van der Waals surface area contributed by atoms with Crippen molar-refractivity contribution in [3.63, 3.8) is 0 Å². The second kappa shape index (κ2) is 8.22. The molecule has 1 N–H and O–H groups in total. The van der Waals surface area contributed by atoms with Crippen LogP contribution in [0, 0.1) is 5.92 Å². The standard InChI is InChI=1S/C16H30N4S/c1-13(2)9-17-10-16-18-14(12-21-16)11-20(4)15-5-7-19(3)8-6-15/h12-13,15,17H,5-11H2,1-4H3. The zero-order chi connectivity index (χ0) is 15.2. The quantitative estimate of drug-likeness (QED) is 0.838. The van der Waals surface area contributed by atoms with E-state index in [0.717, 1.165) is 19.6 Å². The molecule has 4 nitrogen and oxygen atoms in total. The molecule has 21 heavy (non-hydrogen) atoms. The lowest BCUT2D eigenvalue weighted by atomic mass is 10.0. The number of piperidine rings is 1. The van der Waals surface area contributed by atoms with Gasteiger partial charge in [0.25, 0.3) is 0 Å². The monoisotopic (exact) mass is 310 g/mol. The highest BCUT2D eigenvalue weighted by Crippen LogP contribution is 2.18. The molecule has 1 aliphatic rings. The molecule has 2 heterocycles. The molecule has 0 spiro atoms. The molecule has 0 unspecified atom stereocenters. The van der Waals surface area contributed by atoms with Crippen molar-refractivity contribution in [2.24, 2.45) is 5.92 Å². The Morgan fingerprint density at radius 1 is 1.43 bits per heavy atom. The van der Waals surface area contributed by atoms with Crippen LogP contribution in [0.1, 0.15) is 37.4 Å². The number of thiazole rings is 1. The average Bonchev–Trinajstić information content (AvgIpc) is 2.86. The lowest BCUT2D eigenvalue weighted by Gasteiger charge is -2.34. The van der Waals surface area contributed by atoms with Crippen LogP contribution in [0.5, 0.6) is 0 Å². The zero-order valence-electron chi connectivity index (χ0n) is 13.9. The molecule has 2 rings (SSSR count). The SMILES string of the molecule is CC(C)CNCc1nc(CN(C)C2CCN(C)CC2)cs1. The molecule has 1 fully saturated rings. The number of nitrogens with zero attached hydrogens (tertiary/aromatic N) is 3. The number of hydrogen-bond donors (Lipinski definition) is 1. The summed E-state index contributed by atoms with van der Waals surface area (Å²) < 4.78 is 0. The van der Waals surface area contributed by atoms with Gasteiger partial charge in [-0.05, 0) is 52.5 Å². The summed E-state index contributed by atoms with van der Waals surface area (Å²) in [6.45, 7) is 9.85. The largest absolute Gasteiger partial charge is 0.310 e. The van der Waals surface area contributed by atoms with Gasteiger partial charge in [-0.15, -0.1) is 11.3 Å². The molecule has 0 saturated carbocycles. The van der Waals surface area contributed by atoms with Crippen molar-refractivity contribution in [3.05, 3.63) is 16.1 Å². The lowest BCUT2D eigenvalue weighted by Crippen LogP contribution is -2.41. The third-order valence-electron chi connectivity index (χ3n) is 4.15. The first-order chi connectivity index (χ1) is 10.0. The van der Waals surface area contributed by atoms with Crippen molar-refractivity contribution in [3.8, 4) is 0 Å². The highest BCUT2D eigenvalue weighted by Gasteiger charge is 2.21. The zero-order valence-corrected chi connectivity index (χ0v) is 14.7. The average molecular weight is 311 g/mol. The summed E-state index contributed by atoms with van der Waals surface area (Å²) in [6.07, 6.45) is 2.56. The normalized spacial score (nSPS) is 18.0. The Balaban J connectivity index is 1.76. The molecule has 1 saturated heterocycles. The van der Waals surface area contributed by atoms with E-state index in [-0.39, 0.29) is 0 Å². The maximum atomic E-state index is 4.76. The first-order valence-electron chi connectivity index (χ1n) is 8.07. The van der Waals surface area contributed by atoms with E-state index in [0.29, 0.717) is 12.0 Å². The number of hydrogen-bond acceptors (Lipinski definition) is 5. The fourth-order valence-electron chi connectivity index (χ4n) is 2.79. The van der Waals surface area contributed by atoms with Gasteiger partial charge in [0, 0.05) is 24.5 Å². The van der Waals surface area contributed by atoms with Gasteiger partial charge in [0.2, 0.25) is 0 Å². The maximum absolute atomic E-state index is 4.76. The topological polar surface area (TPSA) is 31.4 Å². The van der Waals surface area contributed by atoms with Crippen LogP contribution in [0.4, 0.5) is 0 Å². The van der Waals surface area contributed by atoms with E-state index in [1.165, 1.54) is 36.6 Å². The lowest BCUT2D eigenvalue weighted by molar-refractivity contribution is 0.138. The van der Waals surface area contributed by atoms with Crippen molar-refractivity contribution in [1.29, 1.82) is 0 Å². The van der Waals surface area contributed by atoms with Crippen LogP contribution in [-0.2, 0) is 13.1 Å². The Labute approximate surface area is 133 Å². The Morgan fingerprint density at radius 2 is 2.14 bits per heavy atom. The van der Waals surface area contributed by atoms with Crippen LogP contribution in [0.3, 0.4) is 0 Å². The van der Waals surface area contributed by atoms with Crippen molar-refractivity contribution < 1.29 is 0 Å². The van der Waals surface area contributed by atoms with Crippen molar-refractivity contribution in [2.75, 3.05) is 33.7 Å². The molecule has 120 valence electrons. The highest BCUT2D eigenvalue weighted by atomic mass is 32.1. The summed E-state index contributed by atoms with van der Waals surface area (Å²) in [4.78, 5) is 9.66. The minimum Gasteiger partial charge on any atom is -0.310 e. The van der Waals surface area contributed by atoms with Gasteiger partial charge in [0.15, 0.2) is 0 Å². The molecule has 0 aliphatic carbocycles. The van der Waals surface area contributed by atoms with Crippen LogP contribution >= 0.6 is 11.3 Å². The number of likely N-dealkylation sites (tertiary alicyclic amines) is 1. The van der Waals surface area contributed by atoms with Gasteiger partial charge in [-0.25, -0.2) is 4.98 Å². The van der Waals surface area contributed by atoms with E-state index >= 15 is 0 Å². The van der Waals surface area contributed by atoms with Crippen molar-refractivity contribution >= 4 is 11.3 Å². The molecule has 5 heteroatoms. The Morgan fingerprint density at radius 3 is 2.81 bits per heavy atom. The molecule has 0 radical (unpaired) electrons. The second-order valence-electron chi connectivity index (χ2n) is 6.71. The molecule has 1 aromatic heterocycles. The first-order valence-corrected chi connectivity index (χ1v) is 8.95. The molecule has 0 amide bonds. The van der Waals surface area contributed by atoms with E-state index in [9.17, 15) is 0 Å². The van der Waals surface area contributed by atoms with Gasteiger partial charge in [-0.2, -0.15) is 0 Å². The predicted molar refractivity (Wildman–Crippen MR) is 90.6 cm³/mol. The van der Waals surface area contributed by atoms with Crippen LogP contribution < -0.4 is 5.32 Å². The number of aromatic nitrogens is 1. The summed E-state index contributed by atoms with van der Waals surface area (Å²) in [7, 11) is 4.46. The van der Waals surface area contributed by atoms with Crippen LogP contribution in [0.25, 0.3) is 0 Å². The molecular weight excluding hydrogens is 280 g/mol. The molecule has 1 aromatic rings. The predicted octanol–water partition coefficient (Wildman–Crippen LogP) is 2.41. The van der Waals surface area contributed by atoms with E-state index in [2.05, 4.69) is 48.4 Å². The van der Waals surface area contributed by atoms with Crippen LogP contribution in [0.2, 0.25) is 0 Å². The van der Waals surface area contributed by atoms with Gasteiger partial charge in [0.1, 0.15) is 5.01 Å². The molecule has 0 bridgehead atoms. The summed E-state index contributed by atoms with van der Waals surface area (Å²) in [5.74, 6) is 0.694. The first kappa shape index (κ1) is 16.9. The van der Waals surface area contributed by atoms with Crippen molar-refractivity contribution in [2.45, 2.75) is 45.8 Å². The Kier molecular flexibility index (Phi) is 6.61. The molecular formula is C16H30N4S. The van der Waals surface area contributed by atoms with Gasteiger partial charge in [-0.3, -0.25) is 4.90 Å². The molecule has 0 aromatic carbocycles. The number of rotatable bonds is 7. The third kappa shape index (κ3) is 5.66. The van der Waals surface area contributed by atoms with E-state index in [4.69, 9.17) is 4.98 Å². The van der Waals surface area contributed by atoms with E-state index in [1.54, 1.807) is 11.3 Å². The van der Waals surface area contributed by atoms with Gasteiger partial charge >= 0.3 is 0 Å². The minimum absolute atomic E-state index is 0.694. The smallest absolute Gasteiger partial charge is 0.107 e.